The van der Waals surface area contributed by atoms with Crippen LogP contribution in [0, 0.1) is 5.82 Å². The molecule has 2 aromatic heterocycles. The van der Waals surface area contributed by atoms with Crippen molar-refractivity contribution in [1.82, 2.24) is 24.0 Å². The van der Waals surface area contributed by atoms with Crippen LogP contribution in [0.3, 0.4) is 0 Å². The van der Waals surface area contributed by atoms with Gasteiger partial charge in [0, 0.05) is 50.3 Å². The molecule has 0 bridgehead atoms. The topological polar surface area (TPSA) is 150 Å². The van der Waals surface area contributed by atoms with Crippen LogP contribution >= 0.6 is 23.2 Å². The number of fused-ring (bicyclic) bond motifs is 4. The molecule has 0 N–H and O–H groups in total. The number of carbonyl (C=O) groups is 2. The lowest BCUT2D eigenvalue weighted by atomic mass is 9.81. The third kappa shape index (κ3) is 8.66. The van der Waals surface area contributed by atoms with Crippen LogP contribution in [0.1, 0.15) is 70.5 Å². The number of rotatable bonds is 13. The number of aromatic nitrogens is 4. The number of hydrogen-bond donors (Lipinski definition) is 0. The molecule has 1 saturated carbocycles. The smallest absolute Gasteiger partial charge is 0.338 e. The van der Waals surface area contributed by atoms with Gasteiger partial charge in [-0.05, 0) is 80.3 Å². The first kappa shape index (κ1) is 46.9. The highest BCUT2D eigenvalue weighted by Crippen LogP contribution is 2.52. The molecule has 1 aliphatic carbocycles. The molecular formula is C50H53Cl2FN6O10. The second kappa shape index (κ2) is 19.2. The van der Waals surface area contributed by atoms with E-state index in [-0.39, 0.29) is 24.1 Å². The molecular weight excluding hydrogens is 934 g/mol. The normalized spacial score (nSPS) is 22.5. The summed E-state index contributed by atoms with van der Waals surface area (Å²) in [6.45, 7) is 6.80. The minimum absolute atomic E-state index is 0.0988. The number of anilines is 1. The first-order valence-corrected chi connectivity index (χ1v) is 23.9. The Morgan fingerprint density at radius 3 is 1.88 bits per heavy atom. The van der Waals surface area contributed by atoms with E-state index in [0.29, 0.717) is 75.9 Å². The zero-order valence-electron chi connectivity index (χ0n) is 39.0. The number of imidazole rings is 2. The predicted octanol–water partition coefficient (Wildman–Crippen LogP) is 8.27. The van der Waals surface area contributed by atoms with Gasteiger partial charge in [0.05, 0.1) is 99.6 Å². The quantitative estimate of drug-likeness (QED) is 0.0807. The van der Waals surface area contributed by atoms with Crippen LogP contribution in [-0.2, 0) is 50.2 Å². The van der Waals surface area contributed by atoms with Crippen molar-refractivity contribution in [1.29, 1.82) is 0 Å². The van der Waals surface area contributed by atoms with Gasteiger partial charge < -0.3 is 51.9 Å². The van der Waals surface area contributed by atoms with E-state index in [4.69, 9.17) is 66.1 Å². The van der Waals surface area contributed by atoms with Gasteiger partial charge in [-0.1, -0.05) is 17.7 Å². The maximum Gasteiger partial charge on any atom is 0.338 e. The van der Waals surface area contributed by atoms with Gasteiger partial charge in [-0.2, -0.15) is 0 Å². The zero-order chi connectivity index (χ0) is 48.1. The first-order chi connectivity index (χ1) is 33.4. The Labute approximate surface area is 408 Å². The highest BCUT2D eigenvalue weighted by molar-refractivity contribution is 6.30. The lowest BCUT2D eigenvalue weighted by Crippen LogP contribution is -2.64. The van der Waals surface area contributed by atoms with Gasteiger partial charge in [0.2, 0.25) is 0 Å². The van der Waals surface area contributed by atoms with E-state index in [9.17, 15) is 14.0 Å². The molecule has 5 atom stereocenters. The molecule has 6 heterocycles. The molecule has 4 fully saturated rings. The Morgan fingerprint density at radius 2 is 1.36 bits per heavy atom. The van der Waals surface area contributed by atoms with Gasteiger partial charge in [0.25, 0.3) is 5.79 Å². The molecule has 0 amide bonds. The second-order valence-corrected chi connectivity index (χ2v) is 18.5. The average molecular weight is 988 g/mol. The molecule has 69 heavy (non-hydrogen) atoms. The van der Waals surface area contributed by atoms with Crippen LogP contribution in [-0.4, -0.2) is 115 Å². The van der Waals surface area contributed by atoms with E-state index >= 15 is 0 Å². The first-order valence-electron chi connectivity index (χ1n) is 23.0. The summed E-state index contributed by atoms with van der Waals surface area (Å²) in [5, 5.41) is 0.317. The molecule has 3 saturated heterocycles. The highest BCUT2D eigenvalue weighted by Gasteiger charge is 2.47. The van der Waals surface area contributed by atoms with Crippen LogP contribution in [0.2, 0.25) is 5.02 Å². The van der Waals surface area contributed by atoms with E-state index in [2.05, 4.69) is 25.4 Å². The lowest BCUT2D eigenvalue weighted by Gasteiger charge is -2.54. The monoisotopic (exact) mass is 986 g/mol. The van der Waals surface area contributed by atoms with E-state index in [1.807, 2.05) is 22.8 Å². The molecule has 4 aliphatic heterocycles. The summed E-state index contributed by atoms with van der Waals surface area (Å²) in [7, 11) is 5.86. The molecule has 5 aliphatic rings. The van der Waals surface area contributed by atoms with Crippen molar-refractivity contribution < 1.29 is 51.9 Å². The fourth-order valence-corrected chi connectivity index (χ4v) is 10.3. The van der Waals surface area contributed by atoms with Crippen molar-refractivity contribution in [2.75, 3.05) is 59.6 Å². The summed E-state index contributed by atoms with van der Waals surface area (Å²) in [5.74, 6) is 1.56. The maximum absolute atomic E-state index is 15.0. The largest absolute Gasteiger partial charge is 0.494 e. The number of alkyl halides is 1. The number of benzene rings is 4. The van der Waals surface area contributed by atoms with Crippen molar-refractivity contribution in [3.05, 3.63) is 99.8 Å². The number of piperazine rings is 1. The number of nitrogens with zero attached hydrogens (tertiary/aromatic N) is 6. The van der Waals surface area contributed by atoms with E-state index in [1.54, 1.807) is 51.5 Å². The van der Waals surface area contributed by atoms with Gasteiger partial charge in [-0.3, -0.25) is 4.90 Å². The molecule has 11 rings (SSSR count). The van der Waals surface area contributed by atoms with E-state index < -0.39 is 23.5 Å². The molecule has 4 aromatic carbocycles. The molecule has 364 valence electrons. The number of carbonyl (C=O) groups excluding carboxylic acids is 2. The van der Waals surface area contributed by atoms with Crippen LogP contribution in [0.5, 0.6) is 23.0 Å². The Hall–Kier alpha value is -5.85. The number of esters is 2. The molecule has 6 aromatic rings. The van der Waals surface area contributed by atoms with E-state index in [0.717, 1.165) is 85.9 Å². The predicted molar refractivity (Wildman–Crippen MR) is 255 cm³/mol. The maximum atomic E-state index is 15.0. The lowest BCUT2D eigenvalue weighted by molar-refractivity contribution is -0.0706. The Morgan fingerprint density at radius 1 is 0.768 bits per heavy atom. The molecule has 1 unspecified atom stereocenters. The van der Waals surface area contributed by atoms with Crippen LogP contribution in [0.4, 0.5) is 10.1 Å². The summed E-state index contributed by atoms with van der Waals surface area (Å²) < 4.78 is 64.0. The molecule has 0 spiro atoms. The van der Waals surface area contributed by atoms with Gasteiger partial charge in [0.15, 0.2) is 11.5 Å². The van der Waals surface area contributed by atoms with Crippen molar-refractivity contribution in [3.8, 4) is 23.0 Å². The molecule has 19 heteroatoms. The summed E-state index contributed by atoms with van der Waals surface area (Å²) in [6.07, 6.45) is 4.34. The fraction of sp³-hybridized carbons (Fsp3) is 0.440. The van der Waals surface area contributed by atoms with Gasteiger partial charge in [-0.25, -0.2) is 23.9 Å². The number of ether oxygens (including phenoxy) is 8. The van der Waals surface area contributed by atoms with Gasteiger partial charge in [-0.15, -0.1) is 11.6 Å². The Kier molecular flexibility index (Phi) is 13.0. The van der Waals surface area contributed by atoms with Gasteiger partial charge >= 0.3 is 11.9 Å². The van der Waals surface area contributed by atoms with Crippen molar-refractivity contribution in [2.24, 2.45) is 0 Å². The number of methoxy groups -OCH3 is 4. The van der Waals surface area contributed by atoms with Crippen molar-refractivity contribution >= 4 is 62.9 Å². The summed E-state index contributed by atoms with van der Waals surface area (Å²) in [4.78, 5) is 38.9. The second-order valence-electron chi connectivity index (χ2n) is 17.8. The Balaban J connectivity index is 0.000000210. The third-order valence-corrected chi connectivity index (χ3v) is 14.4. The summed E-state index contributed by atoms with van der Waals surface area (Å²) >= 11 is 12.0. The van der Waals surface area contributed by atoms with Crippen LogP contribution in [0.15, 0.2) is 60.7 Å². The molecule has 0 radical (unpaired) electrons. The number of para-hydroxylation sites is 1. The summed E-state index contributed by atoms with van der Waals surface area (Å²) in [6, 6.07) is 17.9. The van der Waals surface area contributed by atoms with Gasteiger partial charge in [0.1, 0.15) is 40.0 Å². The zero-order valence-corrected chi connectivity index (χ0v) is 40.5. The number of hydrogen-bond acceptors (Lipinski definition) is 14. The van der Waals surface area contributed by atoms with Crippen LogP contribution < -0.4 is 23.8 Å². The number of halogens is 3. The van der Waals surface area contributed by atoms with Crippen molar-refractivity contribution in [2.45, 2.75) is 88.2 Å². The minimum atomic E-state index is -1.31. The van der Waals surface area contributed by atoms with Crippen molar-refractivity contribution in [3.63, 3.8) is 0 Å². The van der Waals surface area contributed by atoms with Crippen LogP contribution in [0.25, 0.3) is 22.1 Å². The highest BCUT2D eigenvalue weighted by atomic mass is 35.5. The molecule has 16 nitrogen and oxygen atoms in total. The SMILES string of the molecule is COC(=O)c1cc(OC)c2nc(CCl)n(C[C@@H]3CCO3)c2c1.COC(=O)c1cc(OC)c2nc(CN3CCN(c4cccc5c4OC(C)(c4ccc(Cl)cc4F)O5)[C@H]4CC[C@H]43)n(C[C@@H]3CCO3)c2c1. The Bertz CT molecular complexity index is 2940. The summed E-state index contributed by atoms with van der Waals surface area (Å²) in [5.41, 5.74) is 5.11. The minimum Gasteiger partial charge on any atom is -0.494 e. The van der Waals surface area contributed by atoms with E-state index in [1.165, 1.54) is 20.3 Å². The standard InChI is InChI=1S/C35H36ClFN4O6.C15H17ClN2O4/c1-35(23-8-7-21(36)17-24(23)37)46-29-6-4-5-27(33(29)47-35)40-13-12-39(25-9-10-26(25)40)19-31-38-32-28(41(31)18-22-11-14-45-22)15-20(34(42)44-3)16-30(32)43-2;1-20-12-6-9(15(19)21-2)5-11-14(12)17-13(7-16)18(11)8-10-3-4-22-10/h4-8,15-17,22,25-26H,9-14,18-19H2,1-3H3;5-6,10H,3-4,7-8H2,1-2H3/t22-,25+,26-,35?;10-/m00/s1. The third-order valence-electron chi connectivity index (χ3n) is 13.9. The fourth-order valence-electron chi connectivity index (χ4n) is 9.96. The average Bonchev–Trinajstić information content (AvgIpc) is 3.98.